The Balaban J connectivity index is 2.87. The van der Waals surface area contributed by atoms with Gasteiger partial charge in [-0.1, -0.05) is 0 Å². The van der Waals surface area contributed by atoms with Crippen molar-refractivity contribution < 1.29 is 14.3 Å². The summed E-state index contributed by atoms with van der Waals surface area (Å²) in [5.74, 6) is -2.76. The van der Waals surface area contributed by atoms with Gasteiger partial charge in [-0.15, -0.1) is 11.3 Å². The van der Waals surface area contributed by atoms with E-state index in [1.807, 2.05) is 0 Å². The number of aliphatic carboxylic acids is 1. The summed E-state index contributed by atoms with van der Waals surface area (Å²) in [5.41, 5.74) is 0.345. The number of carbonyl (C=O) groups is 1. The van der Waals surface area contributed by atoms with Crippen LogP contribution in [0.3, 0.4) is 0 Å². The standard InChI is InChI=1S/C7H6FNO2S/c1-4-9-5(3-12-4)2-6(8)7(10)11/h2-3H,1H3,(H,10,11). The molecule has 0 aromatic carbocycles. The van der Waals surface area contributed by atoms with E-state index in [-0.39, 0.29) is 0 Å². The van der Waals surface area contributed by atoms with Crippen LogP contribution in [0.15, 0.2) is 11.2 Å². The number of carboxylic acids is 1. The third-order valence-electron chi connectivity index (χ3n) is 1.12. The molecule has 1 N–H and O–H groups in total. The highest BCUT2D eigenvalue weighted by Crippen LogP contribution is 2.12. The zero-order valence-corrected chi connectivity index (χ0v) is 7.06. The zero-order valence-electron chi connectivity index (χ0n) is 6.24. The van der Waals surface area contributed by atoms with Crippen LogP contribution in [0.5, 0.6) is 0 Å². The number of carboxylic acid groups (broad SMARTS) is 1. The first-order valence-electron chi connectivity index (χ1n) is 3.12. The van der Waals surface area contributed by atoms with Crippen LogP contribution in [-0.2, 0) is 4.79 Å². The first-order chi connectivity index (χ1) is 5.59. The van der Waals surface area contributed by atoms with Gasteiger partial charge in [-0.2, -0.15) is 4.39 Å². The van der Waals surface area contributed by atoms with Crippen molar-refractivity contribution in [3.8, 4) is 0 Å². The number of thiazole rings is 1. The topological polar surface area (TPSA) is 50.2 Å². The Hall–Kier alpha value is -1.23. The molecule has 0 spiro atoms. The molecule has 0 unspecified atom stereocenters. The molecule has 0 saturated carbocycles. The number of hydrogen-bond acceptors (Lipinski definition) is 3. The Kier molecular flexibility index (Phi) is 2.54. The highest BCUT2D eigenvalue weighted by Gasteiger charge is 2.05. The lowest BCUT2D eigenvalue weighted by Crippen LogP contribution is -1.93. The average Bonchev–Trinajstić information content (AvgIpc) is 2.35. The van der Waals surface area contributed by atoms with Crippen molar-refractivity contribution in [2.24, 2.45) is 0 Å². The molecule has 1 aromatic heterocycles. The Morgan fingerprint density at radius 3 is 2.92 bits per heavy atom. The number of nitrogens with zero attached hydrogens (tertiary/aromatic N) is 1. The minimum atomic E-state index is -1.57. The van der Waals surface area contributed by atoms with Crippen molar-refractivity contribution >= 4 is 23.4 Å². The van der Waals surface area contributed by atoms with Gasteiger partial charge < -0.3 is 5.11 Å². The lowest BCUT2D eigenvalue weighted by atomic mass is 10.4. The summed E-state index contributed by atoms with van der Waals surface area (Å²) in [6.07, 6.45) is 0.895. The maximum absolute atomic E-state index is 12.4. The Bertz CT molecular complexity index is 332. The molecule has 0 amide bonds. The smallest absolute Gasteiger partial charge is 0.364 e. The molecule has 0 radical (unpaired) electrons. The SMILES string of the molecule is Cc1nc(C=C(F)C(=O)O)cs1. The highest BCUT2D eigenvalue weighted by molar-refractivity contribution is 7.09. The second-order valence-corrected chi connectivity index (χ2v) is 3.15. The molecule has 12 heavy (non-hydrogen) atoms. The molecule has 0 atom stereocenters. The third kappa shape index (κ3) is 2.13. The van der Waals surface area contributed by atoms with Gasteiger partial charge in [-0.05, 0) is 6.92 Å². The molecule has 5 heteroatoms. The Labute approximate surface area is 72.2 Å². The largest absolute Gasteiger partial charge is 0.476 e. The molecular formula is C7H6FNO2S. The molecule has 1 heterocycles. The molecular weight excluding hydrogens is 181 g/mol. The van der Waals surface area contributed by atoms with Gasteiger partial charge in [0.05, 0.1) is 10.7 Å². The number of hydrogen-bond donors (Lipinski definition) is 1. The summed E-state index contributed by atoms with van der Waals surface area (Å²) in [6, 6.07) is 0. The summed E-state index contributed by atoms with van der Waals surface area (Å²) in [5, 5.41) is 10.6. The molecule has 64 valence electrons. The second-order valence-electron chi connectivity index (χ2n) is 2.09. The van der Waals surface area contributed by atoms with Crippen LogP contribution in [0.2, 0.25) is 0 Å². The van der Waals surface area contributed by atoms with Crippen molar-refractivity contribution in [2.75, 3.05) is 0 Å². The van der Waals surface area contributed by atoms with E-state index in [9.17, 15) is 9.18 Å². The van der Waals surface area contributed by atoms with Crippen molar-refractivity contribution in [1.82, 2.24) is 4.98 Å². The van der Waals surface area contributed by atoms with Gasteiger partial charge in [-0.3, -0.25) is 0 Å². The van der Waals surface area contributed by atoms with Crippen LogP contribution in [0.4, 0.5) is 4.39 Å². The molecule has 0 fully saturated rings. The zero-order chi connectivity index (χ0) is 9.14. The average molecular weight is 187 g/mol. The summed E-state index contributed by atoms with van der Waals surface area (Å²) in [4.78, 5) is 13.9. The van der Waals surface area contributed by atoms with Crippen LogP contribution in [0.25, 0.3) is 6.08 Å². The summed E-state index contributed by atoms with van der Waals surface area (Å²) >= 11 is 1.34. The van der Waals surface area contributed by atoms with Crippen LogP contribution >= 0.6 is 11.3 Å². The van der Waals surface area contributed by atoms with Gasteiger partial charge in [0.1, 0.15) is 0 Å². The number of aryl methyl sites for hydroxylation is 1. The minimum Gasteiger partial charge on any atom is -0.476 e. The summed E-state index contributed by atoms with van der Waals surface area (Å²) in [6.45, 7) is 1.76. The predicted octanol–water partition coefficient (Wildman–Crippen LogP) is 1.85. The van der Waals surface area contributed by atoms with Crippen molar-refractivity contribution in [2.45, 2.75) is 6.92 Å². The van der Waals surface area contributed by atoms with E-state index in [2.05, 4.69) is 4.98 Å². The third-order valence-corrected chi connectivity index (χ3v) is 1.91. The van der Waals surface area contributed by atoms with E-state index in [1.165, 1.54) is 11.3 Å². The number of halogens is 1. The van der Waals surface area contributed by atoms with Gasteiger partial charge in [0, 0.05) is 11.5 Å². The fraction of sp³-hybridized carbons (Fsp3) is 0.143. The quantitative estimate of drug-likeness (QED) is 0.719. The molecule has 1 aromatic rings. The molecule has 0 aliphatic rings. The molecule has 0 aliphatic carbocycles. The molecule has 0 saturated heterocycles. The first kappa shape index (κ1) is 8.86. The van der Waals surface area contributed by atoms with Crippen LogP contribution < -0.4 is 0 Å². The van der Waals surface area contributed by atoms with Crippen LogP contribution in [0, 0.1) is 6.92 Å². The van der Waals surface area contributed by atoms with Gasteiger partial charge in [0.15, 0.2) is 0 Å². The highest BCUT2D eigenvalue weighted by atomic mass is 32.1. The van der Waals surface area contributed by atoms with E-state index in [1.54, 1.807) is 12.3 Å². The molecule has 3 nitrogen and oxygen atoms in total. The normalized spacial score (nSPS) is 11.7. The molecule has 1 rings (SSSR count). The molecule has 0 bridgehead atoms. The summed E-state index contributed by atoms with van der Waals surface area (Å²) < 4.78 is 12.4. The maximum Gasteiger partial charge on any atom is 0.364 e. The van der Waals surface area contributed by atoms with Gasteiger partial charge >= 0.3 is 5.97 Å². The Morgan fingerprint density at radius 2 is 2.50 bits per heavy atom. The van der Waals surface area contributed by atoms with Gasteiger partial charge in [0.2, 0.25) is 5.83 Å². The van der Waals surface area contributed by atoms with Crippen molar-refractivity contribution in [3.05, 3.63) is 21.9 Å². The van der Waals surface area contributed by atoms with Gasteiger partial charge in [0.25, 0.3) is 0 Å². The van der Waals surface area contributed by atoms with E-state index in [0.717, 1.165) is 11.1 Å². The fourth-order valence-electron chi connectivity index (χ4n) is 0.638. The number of aromatic nitrogens is 1. The van der Waals surface area contributed by atoms with Crippen molar-refractivity contribution in [1.29, 1.82) is 0 Å². The van der Waals surface area contributed by atoms with E-state index < -0.39 is 11.8 Å². The lowest BCUT2D eigenvalue weighted by Gasteiger charge is -1.85. The van der Waals surface area contributed by atoms with E-state index in [0.29, 0.717) is 5.69 Å². The fourth-order valence-corrected chi connectivity index (χ4v) is 1.21. The minimum absolute atomic E-state index is 0.345. The van der Waals surface area contributed by atoms with E-state index in [4.69, 9.17) is 5.11 Å². The first-order valence-corrected chi connectivity index (χ1v) is 4.00. The number of rotatable bonds is 2. The van der Waals surface area contributed by atoms with E-state index >= 15 is 0 Å². The Morgan fingerprint density at radius 1 is 1.83 bits per heavy atom. The summed E-state index contributed by atoms with van der Waals surface area (Å²) in [7, 11) is 0. The predicted molar refractivity (Wildman–Crippen MR) is 43.6 cm³/mol. The molecule has 0 aliphatic heterocycles. The van der Waals surface area contributed by atoms with Crippen molar-refractivity contribution in [3.63, 3.8) is 0 Å². The van der Waals surface area contributed by atoms with Crippen LogP contribution in [0.1, 0.15) is 10.7 Å². The lowest BCUT2D eigenvalue weighted by molar-refractivity contribution is -0.134. The maximum atomic E-state index is 12.4. The monoisotopic (exact) mass is 187 g/mol. The second kappa shape index (κ2) is 3.44. The van der Waals surface area contributed by atoms with Crippen LogP contribution in [-0.4, -0.2) is 16.1 Å². The van der Waals surface area contributed by atoms with Gasteiger partial charge in [-0.25, -0.2) is 9.78 Å².